The summed E-state index contributed by atoms with van der Waals surface area (Å²) in [5, 5.41) is 5.66. The average Bonchev–Trinajstić information content (AvgIpc) is 2.91. The first-order valence-electron chi connectivity index (χ1n) is 6.40. The minimum Gasteiger partial charge on any atom is -0.325 e. The Morgan fingerprint density at radius 2 is 2.20 bits per heavy atom. The molecule has 1 atom stereocenters. The number of nitrogens with zero attached hydrogens (tertiary/aromatic N) is 1. The molecule has 5 heteroatoms. The van der Waals surface area contributed by atoms with Crippen molar-refractivity contribution in [2.24, 2.45) is 0 Å². The predicted molar refractivity (Wildman–Crippen MR) is 84.6 cm³/mol. The number of carbonyl (C=O) groups is 1. The van der Waals surface area contributed by atoms with E-state index in [9.17, 15) is 4.79 Å². The van der Waals surface area contributed by atoms with Crippen molar-refractivity contribution < 1.29 is 4.79 Å². The summed E-state index contributed by atoms with van der Waals surface area (Å²) >= 11 is 7.21. The van der Waals surface area contributed by atoms with Gasteiger partial charge < -0.3 is 5.32 Å². The minimum absolute atomic E-state index is 0.0471. The maximum atomic E-state index is 12.3. The fourth-order valence-electron chi connectivity index (χ4n) is 1.82. The van der Waals surface area contributed by atoms with Crippen molar-refractivity contribution in [1.82, 2.24) is 4.98 Å². The van der Waals surface area contributed by atoms with Crippen LogP contribution in [-0.2, 0) is 10.7 Å². The van der Waals surface area contributed by atoms with E-state index in [-0.39, 0.29) is 11.8 Å². The lowest BCUT2D eigenvalue weighted by Crippen LogP contribution is -2.19. The molecule has 0 bridgehead atoms. The van der Waals surface area contributed by atoms with Crippen LogP contribution in [0, 0.1) is 13.8 Å². The molecular weight excluding hydrogens is 292 g/mol. The van der Waals surface area contributed by atoms with Gasteiger partial charge in [-0.25, -0.2) is 4.98 Å². The van der Waals surface area contributed by atoms with E-state index in [0.717, 1.165) is 27.5 Å². The van der Waals surface area contributed by atoms with E-state index in [4.69, 9.17) is 11.6 Å². The van der Waals surface area contributed by atoms with Crippen LogP contribution in [-0.4, -0.2) is 10.9 Å². The highest BCUT2D eigenvalue weighted by atomic mass is 35.5. The maximum Gasteiger partial charge on any atom is 0.234 e. The van der Waals surface area contributed by atoms with Crippen molar-refractivity contribution in [2.45, 2.75) is 32.6 Å². The second-order valence-corrected chi connectivity index (χ2v) is 5.93. The molecule has 1 aromatic heterocycles. The van der Waals surface area contributed by atoms with E-state index < -0.39 is 0 Å². The highest BCUT2D eigenvalue weighted by molar-refractivity contribution is 7.09. The SMILES string of the molecule is Cc1cccc(NC(=O)C(C)c2nc(CCl)cs2)c1C. The van der Waals surface area contributed by atoms with Gasteiger partial charge in [0.2, 0.25) is 5.91 Å². The number of amides is 1. The van der Waals surface area contributed by atoms with Gasteiger partial charge >= 0.3 is 0 Å². The van der Waals surface area contributed by atoms with Crippen molar-refractivity contribution in [3.05, 3.63) is 45.4 Å². The molecule has 1 N–H and O–H groups in total. The van der Waals surface area contributed by atoms with Crippen LogP contribution in [0.4, 0.5) is 5.69 Å². The first-order chi connectivity index (χ1) is 9.52. The molecule has 0 saturated heterocycles. The molecule has 0 aliphatic heterocycles. The molecule has 0 saturated carbocycles. The smallest absolute Gasteiger partial charge is 0.234 e. The van der Waals surface area contributed by atoms with Crippen LogP contribution in [0.3, 0.4) is 0 Å². The number of halogens is 1. The van der Waals surface area contributed by atoms with Crippen molar-refractivity contribution >= 4 is 34.5 Å². The molecule has 1 amide bonds. The highest BCUT2D eigenvalue weighted by Gasteiger charge is 2.19. The van der Waals surface area contributed by atoms with E-state index in [1.165, 1.54) is 11.3 Å². The first kappa shape index (κ1) is 15.0. The molecule has 2 rings (SSSR count). The molecule has 1 heterocycles. The molecule has 0 aliphatic rings. The van der Waals surface area contributed by atoms with E-state index >= 15 is 0 Å². The van der Waals surface area contributed by atoms with Crippen LogP contribution in [0.15, 0.2) is 23.6 Å². The molecule has 1 unspecified atom stereocenters. The molecule has 0 fully saturated rings. The van der Waals surface area contributed by atoms with E-state index in [1.807, 2.05) is 44.4 Å². The number of carbonyl (C=O) groups excluding carboxylic acids is 1. The summed E-state index contributed by atoms with van der Waals surface area (Å²) in [6.07, 6.45) is 0. The van der Waals surface area contributed by atoms with Gasteiger partial charge in [-0.1, -0.05) is 12.1 Å². The van der Waals surface area contributed by atoms with Crippen LogP contribution in [0.1, 0.15) is 34.7 Å². The summed E-state index contributed by atoms with van der Waals surface area (Å²) in [7, 11) is 0. The monoisotopic (exact) mass is 308 g/mol. The third kappa shape index (κ3) is 3.19. The summed E-state index contributed by atoms with van der Waals surface area (Å²) in [6, 6.07) is 5.89. The number of nitrogens with one attached hydrogen (secondary N) is 1. The fraction of sp³-hybridized carbons (Fsp3) is 0.333. The Hall–Kier alpha value is -1.39. The van der Waals surface area contributed by atoms with Crippen molar-refractivity contribution in [3.8, 4) is 0 Å². The van der Waals surface area contributed by atoms with Crippen LogP contribution >= 0.6 is 22.9 Å². The highest BCUT2D eigenvalue weighted by Crippen LogP contribution is 2.24. The number of hydrogen-bond acceptors (Lipinski definition) is 3. The summed E-state index contributed by atoms with van der Waals surface area (Å²) in [6.45, 7) is 5.89. The number of hydrogen-bond donors (Lipinski definition) is 1. The van der Waals surface area contributed by atoms with Gasteiger partial charge in [0.05, 0.1) is 17.5 Å². The van der Waals surface area contributed by atoms with Gasteiger partial charge in [0.15, 0.2) is 0 Å². The molecule has 2 aromatic rings. The number of alkyl halides is 1. The van der Waals surface area contributed by atoms with E-state index in [2.05, 4.69) is 10.3 Å². The lowest BCUT2D eigenvalue weighted by Gasteiger charge is -2.13. The first-order valence-corrected chi connectivity index (χ1v) is 7.81. The number of aryl methyl sites for hydroxylation is 1. The van der Waals surface area contributed by atoms with Gasteiger partial charge in [0, 0.05) is 11.1 Å². The Kier molecular flexibility index (Phi) is 4.78. The quantitative estimate of drug-likeness (QED) is 0.858. The van der Waals surface area contributed by atoms with Crippen LogP contribution in [0.5, 0.6) is 0 Å². The Balaban J connectivity index is 2.13. The summed E-state index contributed by atoms with van der Waals surface area (Å²) in [4.78, 5) is 16.7. The van der Waals surface area contributed by atoms with E-state index in [1.54, 1.807) is 0 Å². The Morgan fingerprint density at radius 1 is 1.45 bits per heavy atom. The van der Waals surface area contributed by atoms with Crippen molar-refractivity contribution in [1.29, 1.82) is 0 Å². The number of benzene rings is 1. The molecule has 0 aliphatic carbocycles. The minimum atomic E-state index is -0.281. The molecule has 0 spiro atoms. The maximum absolute atomic E-state index is 12.3. The standard InChI is InChI=1S/C15H17ClN2OS/c1-9-5-4-6-13(10(9)2)18-14(19)11(3)15-17-12(7-16)8-20-15/h4-6,8,11H,7H2,1-3H3,(H,18,19). The van der Waals surface area contributed by atoms with Gasteiger partial charge in [-0.2, -0.15) is 0 Å². The van der Waals surface area contributed by atoms with Gasteiger partial charge in [-0.05, 0) is 38.0 Å². The lowest BCUT2D eigenvalue weighted by molar-refractivity contribution is -0.117. The molecular formula is C15H17ClN2OS. The number of rotatable bonds is 4. The van der Waals surface area contributed by atoms with Gasteiger partial charge in [0.25, 0.3) is 0 Å². The Bertz CT molecular complexity index is 624. The topological polar surface area (TPSA) is 42.0 Å². The Labute approximate surface area is 128 Å². The molecule has 106 valence electrons. The number of thiazole rings is 1. The van der Waals surface area contributed by atoms with E-state index in [0.29, 0.717) is 5.88 Å². The van der Waals surface area contributed by atoms with Crippen LogP contribution in [0.2, 0.25) is 0 Å². The third-order valence-corrected chi connectivity index (χ3v) is 4.68. The predicted octanol–water partition coefficient (Wildman–Crippen LogP) is 4.24. The number of aromatic nitrogens is 1. The summed E-state index contributed by atoms with van der Waals surface area (Å²) in [5.74, 6) is 0.0491. The van der Waals surface area contributed by atoms with Crippen LogP contribution in [0.25, 0.3) is 0 Å². The molecule has 20 heavy (non-hydrogen) atoms. The second-order valence-electron chi connectivity index (χ2n) is 4.77. The third-order valence-electron chi connectivity index (χ3n) is 3.33. The largest absolute Gasteiger partial charge is 0.325 e. The number of anilines is 1. The second kappa shape index (κ2) is 6.37. The molecule has 1 aromatic carbocycles. The van der Waals surface area contributed by atoms with Crippen molar-refractivity contribution in [3.63, 3.8) is 0 Å². The van der Waals surface area contributed by atoms with Gasteiger partial charge in [-0.3, -0.25) is 4.79 Å². The molecule has 0 radical (unpaired) electrons. The van der Waals surface area contributed by atoms with Gasteiger partial charge in [-0.15, -0.1) is 22.9 Å². The summed E-state index contributed by atoms with van der Waals surface area (Å²) < 4.78 is 0. The van der Waals surface area contributed by atoms with Gasteiger partial charge in [0.1, 0.15) is 5.01 Å². The molecule has 3 nitrogen and oxygen atoms in total. The normalized spacial score (nSPS) is 12.2. The van der Waals surface area contributed by atoms with Crippen LogP contribution < -0.4 is 5.32 Å². The zero-order valence-electron chi connectivity index (χ0n) is 11.7. The zero-order chi connectivity index (χ0) is 14.7. The Morgan fingerprint density at radius 3 is 2.85 bits per heavy atom. The average molecular weight is 309 g/mol. The summed E-state index contributed by atoms with van der Waals surface area (Å²) in [5.41, 5.74) is 3.93. The van der Waals surface area contributed by atoms with Crippen molar-refractivity contribution in [2.75, 3.05) is 5.32 Å². The lowest BCUT2D eigenvalue weighted by atomic mass is 10.1. The zero-order valence-corrected chi connectivity index (χ0v) is 13.3. The fourth-order valence-corrected chi connectivity index (χ4v) is 2.92.